The number of carbonyl (C=O) groups excluding carboxylic acids is 1. The van der Waals surface area contributed by atoms with E-state index in [1.54, 1.807) is 4.57 Å². The van der Waals surface area contributed by atoms with Gasteiger partial charge < -0.3 is 4.90 Å². The number of hydrogen-bond acceptors (Lipinski definition) is 3. The number of nitrogens with zero attached hydrogens (tertiary/aromatic N) is 4. The first-order valence-electron chi connectivity index (χ1n) is 9.20. The van der Waals surface area contributed by atoms with Crippen LogP contribution in [0.2, 0.25) is 0 Å². The molecule has 2 aliphatic heterocycles. The summed E-state index contributed by atoms with van der Waals surface area (Å²) in [5.74, 6) is 0.769. The molecule has 1 aromatic carbocycles. The molecule has 0 unspecified atom stereocenters. The average Bonchev–Trinajstić information content (AvgIpc) is 2.77. The van der Waals surface area contributed by atoms with Crippen molar-refractivity contribution in [1.82, 2.24) is 14.3 Å². The van der Waals surface area contributed by atoms with Crippen LogP contribution in [0, 0.1) is 6.92 Å². The van der Waals surface area contributed by atoms with E-state index in [4.69, 9.17) is 0 Å². The van der Waals surface area contributed by atoms with Gasteiger partial charge in [0.25, 0.3) is 0 Å². The second-order valence-corrected chi connectivity index (χ2v) is 7.10. The molecule has 0 atom stereocenters. The smallest absolute Gasteiger partial charge is 0.311 e. The Kier molecular flexibility index (Phi) is 4.19. The van der Waals surface area contributed by atoms with E-state index in [0.29, 0.717) is 13.1 Å². The van der Waals surface area contributed by atoms with Crippen LogP contribution >= 0.6 is 0 Å². The van der Waals surface area contributed by atoms with E-state index in [-0.39, 0.29) is 18.1 Å². The highest BCUT2D eigenvalue weighted by Gasteiger charge is 2.24. The lowest BCUT2D eigenvalue weighted by Crippen LogP contribution is -2.40. The fourth-order valence-corrected chi connectivity index (χ4v) is 3.93. The van der Waals surface area contributed by atoms with Gasteiger partial charge in [-0.05, 0) is 44.2 Å². The molecule has 2 aliphatic rings. The van der Waals surface area contributed by atoms with Crippen LogP contribution in [0.5, 0.6) is 0 Å². The molecule has 132 valence electrons. The molecule has 1 aromatic heterocycles. The Labute approximate surface area is 147 Å². The van der Waals surface area contributed by atoms with Gasteiger partial charge in [-0.2, -0.15) is 5.10 Å². The summed E-state index contributed by atoms with van der Waals surface area (Å²) in [6.45, 7) is 3.51. The van der Waals surface area contributed by atoms with Crippen molar-refractivity contribution in [3.63, 3.8) is 0 Å². The minimum absolute atomic E-state index is 0.0200. The molecule has 25 heavy (non-hydrogen) atoms. The Hall–Kier alpha value is -2.37. The Bertz CT molecular complexity index is 865. The van der Waals surface area contributed by atoms with Crippen molar-refractivity contribution in [2.24, 2.45) is 0 Å². The highest BCUT2D eigenvalue weighted by Crippen LogP contribution is 2.28. The van der Waals surface area contributed by atoms with Crippen LogP contribution in [0.25, 0.3) is 0 Å². The van der Waals surface area contributed by atoms with Crippen molar-refractivity contribution in [3.05, 3.63) is 45.6 Å². The number of hydrogen-bond donors (Lipinski definition) is 0. The molecule has 0 N–H and O–H groups in total. The van der Waals surface area contributed by atoms with Crippen LogP contribution in [0.3, 0.4) is 0 Å². The van der Waals surface area contributed by atoms with Gasteiger partial charge in [0.1, 0.15) is 12.4 Å². The van der Waals surface area contributed by atoms with Crippen molar-refractivity contribution in [1.29, 1.82) is 0 Å². The highest BCUT2D eigenvalue weighted by molar-refractivity contribution is 5.94. The van der Waals surface area contributed by atoms with E-state index in [1.165, 1.54) is 15.8 Å². The molecular weight excluding hydrogens is 316 g/mol. The maximum absolute atomic E-state index is 12.9. The van der Waals surface area contributed by atoms with Gasteiger partial charge in [0.15, 0.2) is 0 Å². The fourth-order valence-electron chi connectivity index (χ4n) is 3.93. The molecule has 0 aliphatic carbocycles. The largest absolute Gasteiger partial charge is 0.346 e. The van der Waals surface area contributed by atoms with Gasteiger partial charge in [0.05, 0.1) is 0 Å². The Morgan fingerprint density at radius 3 is 2.88 bits per heavy atom. The minimum atomic E-state index is -0.147. The van der Waals surface area contributed by atoms with Crippen molar-refractivity contribution < 1.29 is 4.79 Å². The van der Waals surface area contributed by atoms with Crippen LogP contribution in [-0.4, -0.2) is 26.8 Å². The number of rotatable bonds is 2. The van der Waals surface area contributed by atoms with Crippen LogP contribution in [-0.2, 0) is 30.7 Å². The molecule has 0 bridgehead atoms. The molecule has 3 heterocycles. The minimum Gasteiger partial charge on any atom is -0.311 e. The van der Waals surface area contributed by atoms with Gasteiger partial charge in [0.2, 0.25) is 5.91 Å². The number of benzene rings is 1. The van der Waals surface area contributed by atoms with Gasteiger partial charge in [0, 0.05) is 25.2 Å². The molecule has 0 saturated heterocycles. The van der Waals surface area contributed by atoms with E-state index >= 15 is 0 Å². The zero-order valence-electron chi connectivity index (χ0n) is 14.7. The number of aryl methyl sites for hydroxylation is 3. The number of fused-ring (bicyclic) bond motifs is 2. The molecule has 0 fully saturated rings. The number of carbonyl (C=O) groups is 1. The van der Waals surface area contributed by atoms with E-state index in [0.717, 1.165) is 50.0 Å². The number of amides is 1. The quantitative estimate of drug-likeness (QED) is 0.841. The molecule has 2 aromatic rings. The lowest BCUT2D eigenvalue weighted by Gasteiger charge is -2.29. The normalized spacial score (nSPS) is 16.9. The molecule has 6 nitrogen and oxygen atoms in total. The molecular formula is C19H24N4O2. The molecule has 4 rings (SSSR count). The number of anilines is 1. The zero-order chi connectivity index (χ0) is 17.4. The topological polar surface area (TPSA) is 60.1 Å². The summed E-state index contributed by atoms with van der Waals surface area (Å²) in [6, 6.07) is 6.21. The molecule has 6 heteroatoms. The fraction of sp³-hybridized carbons (Fsp3) is 0.526. The first kappa shape index (κ1) is 16.1. The lowest BCUT2D eigenvalue weighted by molar-refractivity contribution is -0.119. The first-order valence-corrected chi connectivity index (χ1v) is 9.20. The predicted octanol–water partition coefficient (Wildman–Crippen LogP) is 2.06. The third-order valence-corrected chi connectivity index (χ3v) is 5.22. The summed E-state index contributed by atoms with van der Waals surface area (Å²) >= 11 is 0. The summed E-state index contributed by atoms with van der Waals surface area (Å²) in [5, 5.41) is 4.43. The highest BCUT2D eigenvalue weighted by atomic mass is 16.2. The third kappa shape index (κ3) is 3.01. The van der Waals surface area contributed by atoms with Crippen LogP contribution in [0.4, 0.5) is 5.69 Å². The summed E-state index contributed by atoms with van der Waals surface area (Å²) in [6.07, 6.45) is 5.97. The monoisotopic (exact) mass is 340 g/mol. The van der Waals surface area contributed by atoms with Gasteiger partial charge in [-0.25, -0.2) is 9.48 Å². The second-order valence-electron chi connectivity index (χ2n) is 7.10. The predicted molar refractivity (Wildman–Crippen MR) is 95.9 cm³/mol. The molecule has 0 spiro atoms. The summed E-state index contributed by atoms with van der Waals surface area (Å²) in [7, 11) is 0. The van der Waals surface area contributed by atoms with Crippen LogP contribution < -0.4 is 10.6 Å². The first-order chi connectivity index (χ1) is 12.1. The van der Waals surface area contributed by atoms with E-state index < -0.39 is 0 Å². The van der Waals surface area contributed by atoms with Gasteiger partial charge in [-0.1, -0.05) is 24.1 Å². The van der Waals surface area contributed by atoms with Crippen LogP contribution in [0.15, 0.2) is 23.0 Å². The Morgan fingerprint density at radius 1 is 1.12 bits per heavy atom. The van der Waals surface area contributed by atoms with Crippen LogP contribution in [0.1, 0.15) is 42.6 Å². The summed E-state index contributed by atoms with van der Waals surface area (Å²) < 4.78 is 3.10. The van der Waals surface area contributed by atoms with E-state index in [2.05, 4.69) is 18.1 Å². The standard InChI is InChI=1S/C19H24N4O2/c1-14-8-9-16-15(12-14)6-5-11-21(16)18(24)13-23-19(25)22-10-4-2-3-7-17(22)20-23/h8-9,12H,2-7,10-11,13H2,1H3. The summed E-state index contributed by atoms with van der Waals surface area (Å²) in [4.78, 5) is 27.2. The lowest BCUT2D eigenvalue weighted by atomic mass is 9.99. The van der Waals surface area contributed by atoms with E-state index in [1.807, 2.05) is 17.0 Å². The van der Waals surface area contributed by atoms with Crippen molar-refractivity contribution in [2.75, 3.05) is 11.4 Å². The third-order valence-electron chi connectivity index (χ3n) is 5.22. The van der Waals surface area contributed by atoms with Gasteiger partial charge in [-0.15, -0.1) is 0 Å². The molecule has 1 amide bonds. The molecule has 0 saturated carbocycles. The van der Waals surface area contributed by atoms with Crippen molar-refractivity contribution in [2.45, 2.75) is 58.5 Å². The maximum Gasteiger partial charge on any atom is 0.346 e. The second kappa shape index (κ2) is 6.50. The maximum atomic E-state index is 12.9. The Balaban J connectivity index is 1.59. The molecule has 0 radical (unpaired) electrons. The Morgan fingerprint density at radius 2 is 2.00 bits per heavy atom. The van der Waals surface area contributed by atoms with Crippen molar-refractivity contribution in [3.8, 4) is 0 Å². The van der Waals surface area contributed by atoms with E-state index in [9.17, 15) is 9.59 Å². The average molecular weight is 340 g/mol. The number of aromatic nitrogens is 3. The zero-order valence-corrected chi connectivity index (χ0v) is 14.7. The van der Waals surface area contributed by atoms with Gasteiger partial charge in [-0.3, -0.25) is 9.36 Å². The van der Waals surface area contributed by atoms with Crippen molar-refractivity contribution >= 4 is 11.6 Å². The summed E-state index contributed by atoms with van der Waals surface area (Å²) in [5.41, 5.74) is 3.26. The SMILES string of the molecule is Cc1ccc2c(c1)CCCN2C(=O)Cn1nc2n(c1=O)CCCCC2. The van der Waals surface area contributed by atoms with Gasteiger partial charge >= 0.3 is 5.69 Å².